The van der Waals surface area contributed by atoms with Crippen LogP contribution in [0.3, 0.4) is 0 Å². The molecule has 2 aromatic carbocycles. The third-order valence-electron chi connectivity index (χ3n) is 5.20. The zero-order valence-corrected chi connectivity index (χ0v) is 15.0. The molecule has 134 valence electrons. The van der Waals surface area contributed by atoms with E-state index >= 15 is 0 Å². The van der Waals surface area contributed by atoms with E-state index in [1.807, 2.05) is 11.0 Å². The Morgan fingerprint density at radius 1 is 0.962 bits per heavy atom. The van der Waals surface area contributed by atoms with Crippen molar-refractivity contribution in [2.24, 2.45) is 0 Å². The second kappa shape index (κ2) is 7.81. The third kappa shape index (κ3) is 3.84. The number of rotatable bonds is 6. The van der Waals surface area contributed by atoms with E-state index in [0.717, 1.165) is 39.1 Å². The fourth-order valence-corrected chi connectivity index (χ4v) is 3.91. The maximum atomic E-state index is 4.39. The van der Waals surface area contributed by atoms with Gasteiger partial charge in [-0.25, -0.2) is 4.98 Å². The van der Waals surface area contributed by atoms with Gasteiger partial charge in [0, 0.05) is 26.2 Å². The Morgan fingerprint density at radius 3 is 2.38 bits per heavy atom. The van der Waals surface area contributed by atoms with Gasteiger partial charge in [-0.15, -0.1) is 0 Å². The van der Waals surface area contributed by atoms with Crippen LogP contribution in [-0.4, -0.2) is 44.8 Å². The van der Waals surface area contributed by atoms with Crippen molar-refractivity contribution >= 4 is 0 Å². The van der Waals surface area contributed by atoms with Gasteiger partial charge in [0.25, 0.3) is 0 Å². The van der Waals surface area contributed by atoms with Gasteiger partial charge in [-0.05, 0) is 17.5 Å². The van der Waals surface area contributed by atoms with Crippen molar-refractivity contribution in [3.8, 4) is 0 Å². The van der Waals surface area contributed by atoms with Gasteiger partial charge in [0.1, 0.15) is 12.7 Å². The highest BCUT2D eigenvalue weighted by Crippen LogP contribution is 2.27. The summed E-state index contributed by atoms with van der Waals surface area (Å²) in [5.74, 6) is 0. The fraction of sp³-hybridized carbons (Fsp3) is 0.333. The van der Waals surface area contributed by atoms with Crippen molar-refractivity contribution in [3.05, 3.63) is 84.4 Å². The summed E-state index contributed by atoms with van der Waals surface area (Å²) in [5.41, 5.74) is 2.67. The molecule has 1 aliphatic rings. The number of aromatic nitrogens is 3. The van der Waals surface area contributed by atoms with Gasteiger partial charge in [-0.2, -0.15) is 5.10 Å². The summed E-state index contributed by atoms with van der Waals surface area (Å²) in [7, 11) is 0. The van der Waals surface area contributed by atoms with Crippen LogP contribution in [-0.2, 0) is 19.5 Å². The predicted octanol–water partition coefficient (Wildman–Crippen LogP) is 2.37. The largest absolute Gasteiger partial charge is 0.314 e. The minimum atomic E-state index is -0.0385. The van der Waals surface area contributed by atoms with Crippen LogP contribution in [0.5, 0.6) is 0 Å². The van der Waals surface area contributed by atoms with E-state index in [9.17, 15) is 0 Å². The number of hydrogen-bond acceptors (Lipinski definition) is 4. The molecule has 0 radical (unpaired) electrons. The summed E-state index contributed by atoms with van der Waals surface area (Å²) in [6.07, 6.45) is 4.42. The topological polar surface area (TPSA) is 46.0 Å². The first kappa shape index (κ1) is 16.9. The average Bonchev–Trinajstić information content (AvgIpc) is 3.18. The summed E-state index contributed by atoms with van der Waals surface area (Å²) < 4.78 is 1.97. The lowest BCUT2D eigenvalue weighted by Crippen LogP contribution is -2.64. The molecular formula is C21H25N5. The molecule has 1 atom stereocenters. The molecule has 1 aromatic heterocycles. The number of nitrogens with zero attached hydrogens (tertiary/aromatic N) is 4. The van der Waals surface area contributed by atoms with Gasteiger partial charge in [0.2, 0.25) is 0 Å². The van der Waals surface area contributed by atoms with Gasteiger partial charge >= 0.3 is 0 Å². The molecular weight excluding hydrogens is 322 g/mol. The summed E-state index contributed by atoms with van der Waals surface area (Å²) in [4.78, 5) is 6.77. The summed E-state index contributed by atoms with van der Waals surface area (Å²) in [5, 5.41) is 8.01. The molecule has 5 nitrogen and oxygen atoms in total. The molecule has 26 heavy (non-hydrogen) atoms. The van der Waals surface area contributed by atoms with Crippen molar-refractivity contribution in [3.63, 3.8) is 0 Å². The first-order chi connectivity index (χ1) is 12.8. The minimum absolute atomic E-state index is 0.0385. The smallest absolute Gasteiger partial charge is 0.137 e. The van der Waals surface area contributed by atoms with Crippen molar-refractivity contribution in [2.45, 2.75) is 25.0 Å². The maximum Gasteiger partial charge on any atom is 0.137 e. The molecule has 0 spiro atoms. The highest BCUT2D eigenvalue weighted by molar-refractivity contribution is 5.20. The Morgan fingerprint density at radius 2 is 1.69 bits per heavy atom. The SMILES string of the molecule is c1ccc(CN2CCNCC2(Cc2ccccc2)Cn2cncn2)cc1. The van der Waals surface area contributed by atoms with E-state index in [0.29, 0.717) is 0 Å². The van der Waals surface area contributed by atoms with Gasteiger partial charge < -0.3 is 5.32 Å². The first-order valence-corrected chi connectivity index (χ1v) is 9.20. The lowest BCUT2D eigenvalue weighted by Gasteiger charge is -2.48. The molecule has 0 amide bonds. The molecule has 1 saturated heterocycles. The third-order valence-corrected chi connectivity index (χ3v) is 5.20. The van der Waals surface area contributed by atoms with Gasteiger partial charge in [0.15, 0.2) is 0 Å². The van der Waals surface area contributed by atoms with Gasteiger partial charge in [0.05, 0.1) is 12.1 Å². The maximum absolute atomic E-state index is 4.39. The molecule has 4 rings (SSSR count). The van der Waals surface area contributed by atoms with Crippen molar-refractivity contribution in [2.75, 3.05) is 19.6 Å². The van der Waals surface area contributed by atoms with E-state index in [-0.39, 0.29) is 5.54 Å². The van der Waals surface area contributed by atoms with Crippen LogP contribution in [0.1, 0.15) is 11.1 Å². The standard InChI is InChI=1S/C21H25N5/c1-3-7-19(8-4-1)13-21(16-26-18-23-17-24-26)15-22-11-12-25(21)14-20-9-5-2-6-10-20/h1-10,17-18,22H,11-16H2. The molecule has 1 unspecified atom stereocenters. The Balaban J connectivity index is 1.66. The van der Waals surface area contributed by atoms with E-state index in [1.165, 1.54) is 11.1 Å². The second-order valence-electron chi connectivity index (χ2n) is 7.06. The summed E-state index contributed by atoms with van der Waals surface area (Å²) in [6, 6.07) is 21.5. The minimum Gasteiger partial charge on any atom is -0.314 e. The van der Waals surface area contributed by atoms with Crippen LogP contribution < -0.4 is 5.32 Å². The monoisotopic (exact) mass is 347 g/mol. The molecule has 2 heterocycles. The zero-order valence-electron chi connectivity index (χ0n) is 15.0. The second-order valence-corrected chi connectivity index (χ2v) is 7.06. The average molecular weight is 347 g/mol. The molecule has 1 aliphatic heterocycles. The van der Waals surface area contributed by atoms with Crippen molar-refractivity contribution in [1.29, 1.82) is 0 Å². The van der Waals surface area contributed by atoms with E-state index in [1.54, 1.807) is 6.33 Å². The van der Waals surface area contributed by atoms with Crippen LogP contribution in [0.25, 0.3) is 0 Å². The molecule has 0 aliphatic carbocycles. The van der Waals surface area contributed by atoms with Crippen LogP contribution in [0.2, 0.25) is 0 Å². The lowest BCUT2D eigenvalue weighted by molar-refractivity contribution is 0.0339. The zero-order chi connectivity index (χ0) is 17.7. The molecule has 0 saturated carbocycles. The first-order valence-electron chi connectivity index (χ1n) is 9.20. The summed E-state index contributed by atoms with van der Waals surface area (Å²) >= 11 is 0. The predicted molar refractivity (Wildman–Crippen MR) is 103 cm³/mol. The lowest BCUT2D eigenvalue weighted by atomic mass is 9.86. The Bertz CT molecular complexity index is 788. The Labute approximate surface area is 154 Å². The van der Waals surface area contributed by atoms with E-state index in [4.69, 9.17) is 0 Å². The quantitative estimate of drug-likeness (QED) is 0.744. The Kier molecular flexibility index (Phi) is 5.09. The molecule has 3 aromatic rings. The van der Waals surface area contributed by atoms with Gasteiger partial charge in [-0.1, -0.05) is 60.7 Å². The highest BCUT2D eigenvalue weighted by atomic mass is 15.4. The highest BCUT2D eigenvalue weighted by Gasteiger charge is 2.39. The molecule has 5 heteroatoms. The van der Waals surface area contributed by atoms with Crippen LogP contribution in [0.15, 0.2) is 73.3 Å². The fourth-order valence-electron chi connectivity index (χ4n) is 3.91. The van der Waals surface area contributed by atoms with Crippen LogP contribution in [0, 0.1) is 0 Å². The summed E-state index contributed by atoms with van der Waals surface area (Å²) in [6.45, 7) is 4.75. The van der Waals surface area contributed by atoms with Crippen molar-refractivity contribution < 1.29 is 0 Å². The van der Waals surface area contributed by atoms with E-state index in [2.05, 4.69) is 81.0 Å². The van der Waals surface area contributed by atoms with Crippen molar-refractivity contribution in [1.82, 2.24) is 25.0 Å². The van der Waals surface area contributed by atoms with Crippen LogP contribution >= 0.6 is 0 Å². The normalized spacial score (nSPS) is 20.9. The van der Waals surface area contributed by atoms with Crippen LogP contribution in [0.4, 0.5) is 0 Å². The molecule has 0 bridgehead atoms. The molecule has 1 N–H and O–H groups in total. The molecule has 1 fully saturated rings. The number of nitrogens with one attached hydrogen (secondary N) is 1. The number of benzene rings is 2. The Hall–Kier alpha value is -2.50. The number of piperazine rings is 1. The number of hydrogen-bond donors (Lipinski definition) is 1. The van der Waals surface area contributed by atoms with Gasteiger partial charge in [-0.3, -0.25) is 9.58 Å². The van der Waals surface area contributed by atoms with E-state index < -0.39 is 0 Å².